The quantitative estimate of drug-likeness (QED) is 0.209. The third kappa shape index (κ3) is 13.1. The third-order valence-electron chi connectivity index (χ3n) is 7.91. The van der Waals surface area contributed by atoms with Crippen molar-refractivity contribution in [3.05, 3.63) is 80.8 Å². The number of alkyl halides is 3. The summed E-state index contributed by atoms with van der Waals surface area (Å²) in [5.74, 6) is -0.0533. The van der Waals surface area contributed by atoms with Gasteiger partial charge in [-0.3, -0.25) is 14.7 Å². The van der Waals surface area contributed by atoms with Gasteiger partial charge in [0.1, 0.15) is 30.5 Å². The molecule has 0 aliphatic carbocycles. The lowest BCUT2D eigenvalue weighted by molar-refractivity contribution is -0.137. The zero-order valence-electron chi connectivity index (χ0n) is 31.4. The molecule has 0 radical (unpaired) electrons. The van der Waals surface area contributed by atoms with Crippen molar-refractivity contribution < 1.29 is 32.6 Å². The monoisotopic (exact) mass is 779 g/mol. The molecule has 14 nitrogen and oxygen atoms in total. The maximum Gasteiger partial charge on any atom is 0.416 e. The Morgan fingerprint density at radius 1 is 1.09 bits per heavy atom. The van der Waals surface area contributed by atoms with Gasteiger partial charge < -0.3 is 30.2 Å². The van der Waals surface area contributed by atoms with E-state index in [-0.39, 0.29) is 28.6 Å². The van der Waals surface area contributed by atoms with Crippen molar-refractivity contribution in [1.82, 2.24) is 35.0 Å². The van der Waals surface area contributed by atoms with Gasteiger partial charge in [-0.25, -0.2) is 24.6 Å². The van der Waals surface area contributed by atoms with Crippen molar-refractivity contribution in [1.29, 1.82) is 0 Å². The van der Waals surface area contributed by atoms with E-state index >= 15 is 0 Å². The summed E-state index contributed by atoms with van der Waals surface area (Å²) in [6.07, 6.45) is 5.63. The van der Waals surface area contributed by atoms with Crippen LogP contribution in [-0.2, 0) is 28.7 Å². The number of aromatic hydroxyl groups is 1. The highest BCUT2D eigenvalue weighted by Gasteiger charge is 2.30. The Bertz CT molecular complexity index is 1830. The van der Waals surface area contributed by atoms with Crippen LogP contribution in [0.5, 0.6) is 5.75 Å². The van der Waals surface area contributed by atoms with E-state index in [2.05, 4.69) is 40.6 Å². The Labute approximate surface area is 317 Å². The molecule has 296 valence electrons. The minimum atomic E-state index is -4.34. The number of aromatic nitrogens is 6. The molecule has 2 aliphatic heterocycles. The van der Waals surface area contributed by atoms with Crippen LogP contribution in [0, 0.1) is 6.92 Å². The van der Waals surface area contributed by atoms with Gasteiger partial charge in [0.25, 0.3) is 11.5 Å². The highest BCUT2D eigenvalue weighted by Crippen LogP contribution is 2.33. The molecule has 0 unspecified atom stereocenters. The summed E-state index contributed by atoms with van der Waals surface area (Å²) < 4.78 is 43.1. The number of anilines is 2. The average molecular weight is 780 g/mol. The van der Waals surface area contributed by atoms with Crippen LogP contribution in [0.2, 0.25) is 5.02 Å². The summed E-state index contributed by atoms with van der Waals surface area (Å²) in [6, 6.07) is 3.18. The van der Waals surface area contributed by atoms with Crippen LogP contribution in [0.25, 0.3) is 5.57 Å². The minimum Gasteiger partial charge on any atom is -0.504 e. The lowest BCUT2D eigenvalue weighted by atomic mass is 10.1. The maximum absolute atomic E-state index is 13.4. The van der Waals surface area contributed by atoms with Crippen molar-refractivity contribution >= 4 is 40.7 Å². The fourth-order valence-electron chi connectivity index (χ4n) is 5.12. The molecule has 0 saturated carbocycles. The first-order valence-electron chi connectivity index (χ1n) is 17.5. The lowest BCUT2D eigenvalue weighted by Crippen LogP contribution is -2.37. The van der Waals surface area contributed by atoms with Gasteiger partial charge in [-0.1, -0.05) is 38.4 Å². The fraction of sp³-hybridized carbons (Fsp3) is 0.472. The number of carbonyl (C=O) groups is 2. The summed E-state index contributed by atoms with van der Waals surface area (Å²) in [5, 5.41) is 17.5. The van der Waals surface area contributed by atoms with E-state index in [9.17, 15) is 32.7 Å². The Kier molecular flexibility index (Phi) is 19.1. The summed E-state index contributed by atoms with van der Waals surface area (Å²) >= 11 is 5.57. The van der Waals surface area contributed by atoms with Crippen LogP contribution in [0.1, 0.15) is 79.7 Å². The van der Waals surface area contributed by atoms with E-state index in [0.29, 0.717) is 54.6 Å². The summed E-state index contributed by atoms with van der Waals surface area (Å²) in [6.45, 7) is 10.3. The first kappa shape index (κ1) is 45.1. The van der Waals surface area contributed by atoms with Gasteiger partial charge >= 0.3 is 6.18 Å². The van der Waals surface area contributed by atoms with Gasteiger partial charge in [-0.2, -0.15) is 13.2 Å². The highest BCUT2D eigenvalue weighted by molar-refractivity contribution is 6.33. The second kappa shape index (κ2) is 22.9. The standard InChI is InChI=1S/C19H27N5O3.C8H7ClF3N.C7H9N3O2.C2H6/c1-2-16-17(23-8-4-3-5-9-23)19(26)24(10-11-25)22-18(21-14-20-16)15-6-12-27-13-7-15;1-13-7-3-2-5(4-6(7)9)8(10,11)12;1-4-6(11)5(7(12)8-2)10-3-9-4;1-2/h6,11,14H,2-5,7-10,12-13H2,1H3,(H,20,21,22);2-4,13H,1H3;3,11H,1-2H3,(H,8,12);1-2H3. The molecule has 2 aliphatic rings. The Balaban J connectivity index is 0.000000311. The number of aryl methyl sites for hydroxylation is 2. The number of rotatable bonds is 7. The first-order valence-corrected chi connectivity index (χ1v) is 17.9. The number of ether oxygens (including phenoxy) is 1. The van der Waals surface area contributed by atoms with Gasteiger partial charge in [0.05, 0.1) is 47.4 Å². The Hall–Kier alpha value is -5.03. The molecule has 0 spiro atoms. The number of hydrogen-bond donors (Lipinski definition) is 4. The molecular weight excluding hydrogens is 731 g/mol. The molecule has 0 atom stereocenters. The van der Waals surface area contributed by atoms with Gasteiger partial charge in [0, 0.05) is 27.2 Å². The molecule has 1 saturated heterocycles. The summed E-state index contributed by atoms with van der Waals surface area (Å²) in [4.78, 5) is 54.0. The number of benzene rings is 1. The van der Waals surface area contributed by atoms with Gasteiger partial charge in [0.15, 0.2) is 11.4 Å². The molecule has 18 heteroatoms. The smallest absolute Gasteiger partial charge is 0.416 e. The van der Waals surface area contributed by atoms with Crippen LogP contribution in [-0.4, -0.2) is 87.4 Å². The molecule has 2 aromatic heterocycles. The van der Waals surface area contributed by atoms with E-state index in [1.54, 1.807) is 14.0 Å². The van der Waals surface area contributed by atoms with Crippen LogP contribution in [0.4, 0.5) is 24.5 Å². The SMILES string of the molecule is CC.CCc1ncnc(C2=CCOCC2)[nH]n(CC=O)c(=O)c1N1CCCCC1.CNC(=O)c1ncnc(C)c1O.CNc1ccc(C(F)(F)F)cc1Cl. The number of H-pyrrole nitrogens is 1. The number of aldehydes is 1. The topological polar surface area (TPSA) is 180 Å². The second-order valence-corrected chi connectivity index (χ2v) is 11.8. The molecule has 3 aromatic rings. The predicted molar refractivity (Wildman–Crippen MR) is 202 cm³/mol. The van der Waals surface area contributed by atoms with Crippen molar-refractivity contribution in [2.75, 3.05) is 50.6 Å². The Morgan fingerprint density at radius 2 is 1.78 bits per heavy atom. The number of nitrogens with zero attached hydrogens (tertiary/aromatic N) is 6. The lowest BCUT2D eigenvalue weighted by Gasteiger charge is -2.28. The van der Waals surface area contributed by atoms with Crippen LogP contribution < -0.4 is 21.1 Å². The zero-order valence-corrected chi connectivity index (χ0v) is 32.1. The molecule has 5 rings (SSSR count). The number of halogens is 4. The predicted octanol–water partition coefficient (Wildman–Crippen LogP) is 5.92. The normalized spacial score (nSPS) is 13.6. The zero-order chi connectivity index (χ0) is 40.3. The molecule has 1 amide bonds. The van der Waals surface area contributed by atoms with Gasteiger partial charge in [-0.05, 0) is 62.8 Å². The number of hydrogen-bond acceptors (Lipinski definition) is 11. The highest BCUT2D eigenvalue weighted by atomic mass is 35.5. The van der Waals surface area contributed by atoms with E-state index in [1.807, 2.05) is 26.8 Å². The van der Waals surface area contributed by atoms with E-state index in [0.717, 1.165) is 49.9 Å². The largest absolute Gasteiger partial charge is 0.504 e. The molecule has 54 heavy (non-hydrogen) atoms. The van der Waals surface area contributed by atoms with Crippen LogP contribution >= 0.6 is 11.6 Å². The first-order chi connectivity index (χ1) is 25.9. The molecule has 1 fully saturated rings. The fourth-order valence-corrected chi connectivity index (χ4v) is 5.39. The van der Waals surface area contributed by atoms with Gasteiger partial charge in [-0.15, -0.1) is 0 Å². The molecule has 4 heterocycles. The maximum atomic E-state index is 13.4. The van der Waals surface area contributed by atoms with E-state index in [1.165, 1.54) is 36.9 Å². The number of aromatic amines is 1. The van der Waals surface area contributed by atoms with Crippen LogP contribution in [0.3, 0.4) is 0 Å². The second-order valence-electron chi connectivity index (χ2n) is 11.3. The van der Waals surface area contributed by atoms with Crippen molar-refractivity contribution in [3.63, 3.8) is 0 Å². The molecule has 1 aromatic carbocycles. The number of amides is 1. The third-order valence-corrected chi connectivity index (χ3v) is 8.22. The number of carbonyl (C=O) groups excluding carboxylic acids is 2. The Morgan fingerprint density at radius 3 is 2.33 bits per heavy atom. The minimum absolute atomic E-state index is 0.00463. The molecule has 0 bridgehead atoms. The van der Waals surface area contributed by atoms with E-state index < -0.39 is 17.6 Å². The average Bonchev–Trinajstić information content (AvgIpc) is 3.25. The summed E-state index contributed by atoms with van der Waals surface area (Å²) in [7, 11) is 3.06. The van der Waals surface area contributed by atoms with Crippen LogP contribution in [0.15, 0.2) is 41.7 Å². The van der Waals surface area contributed by atoms with Gasteiger partial charge in [0.2, 0.25) is 0 Å². The summed E-state index contributed by atoms with van der Waals surface area (Å²) in [5.41, 5.74) is 2.13. The van der Waals surface area contributed by atoms with Crippen molar-refractivity contribution in [3.8, 4) is 5.75 Å². The number of piperidine rings is 1. The molecule has 4 N–H and O–H groups in total. The van der Waals surface area contributed by atoms with Crippen molar-refractivity contribution in [2.45, 2.75) is 72.5 Å². The van der Waals surface area contributed by atoms with Crippen molar-refractivity contribution in [2.24, 2.45) is 0 Å². The van der Waals surface area contributed by atoms with E-state index in [4.69, 9.17) is 16.3 Å². The molecular formula is C36H49ClF3N9O5. The number of nitrogens with one attached hydrogen (secondary N) is 3.